The quantitative estimate of drug-likeness (QED) is 0.880. The molecule has 1 saturated heterocycles. The molecule has 1 amide bonds. The number of carbonyl (C=O) groups excluding carboxylic acids is 1. The Bertz CT molecular complexity index is 625. The summed E-state index contributed by atoms with van der Waals surface area (Å²) < 4.78 is 5.42. The van der Waals surface area contributed by atoms with Crippen molar-refractivity contribution in [2.24, 2.45) is 11.7 Å². The first-order valence-electron chi connectivity index (χ1n) is 7.34. The molecule has 2 aromatic rings. The maximum Gasteiger partial charge on any atom is 0.224 e. The average molecular weight is 288 g/mol. The van der Waals surface area contributed by atoms with Gasteiger partial charge < -0.3 is 20.4 Å². The summed E-state index contributed by atoms with van der Waals surface area (Å²) in [6.45, 7) is 2.61. The predicted molar refractivity (Wildman–Crippen MR) is 81.0 cm³/mol. The van der Waals surface area contributed by atoms with Gasteiger partial charge in [-0.3, -0.25) is 4.79 Å². The number of hydrogen-bond donors (Lipinski definition) is 2. The van der Waals surface area contributed by atoms with Crippen LogP contribution in [0.1, 0.15) is 12.8 Å². The number of fused-ring (bicyclic) bond motifs is 1. The molecule has 3 rings (SSSR count). The van der Waals surface area contributed by atoms with Crippen LogP contribution in [0.4, 0.5) is 5.82 Å². The second-order valence-electron chi connectivity index (χ2n) is 5.33. The van der Waals surface area contributed by atoms with Gasteiger partial charge in [-0.15, -0.1) is 0 Å². The Balaban J connectivity index is 1.77. The van der Waals surface area contributed by atoms with Crippen LogP contribution in [-0.4, -0.2) is 37.1 Å². The number of amides is 1. The summed E-state index contributed by atoms with van der Waals surface area (Å²) in [5.41, 5.74) is 6.26. The zero-order valence-electron chi connectivity index (χ0n) is 11.9. The van der Waals surface area contributed by atoms with Crippen molar-refractivity contribution in [2.75, 3.05) is 31.1 Å². The molecule has 3 N–H and O–H groups in total. The highest BCUT2D eigenvalue weighted by molar-refractivity contribution is 5.89. The summed E-state index contributed by atoms with van der Waals surface area (Å²) in [4.78, 5) is 18.8. The van der Waals surface area contributed by atoms with Crippen LogP contribution < -0.4 is 16.0 Å². The molecule has 1 atom stereocenters. The maximum absolute atomic E-state index is 12.1. The Labute approximate surface area is 123 Å². The van der Waals surface area contributed by atoms with Crippen molar-refractivity contribution in [3.8, 4) is 0 Å². The molecule has 0 radical (unpaired) electrons. The number of piperidine rings is 1. The monoisotopic (exact) mass is 288 g/mol. The van der Waals surface area contributed by atoms with Gasteiger partial charge in [0.25, 0.3) is 0 Å². The molecule has 0 aliphatic carbocycles. The van der Waals surface area contributed by atoms with E-state index in [1.54, 1.807) is 12.5 Å². The van der Waals surface area contributed by atoms with Gasteiger partial charge in [0, 0.05) is 32.4 Å². The summed E-state index contributed by atoms with van der Waals surface area (Å²) in [5, 5.41) is 3.88. The van der Waals surface area contributed by atoms with E-state index in [1.165, 1.54) is 0 Å². The molecule has 6 heteroatoms. The first-order valence-corrected chi connectivity index (χ1v) is 7.34. The van der Waals surface area contributed by atoms with Gasteiger partial charge in [0.05, 0.1) is 17.6 Å². The molecule has 1 aliphatic rings. The lowest BCUT2D eigenvalue weighted by Gasteiger charge is -2.33. The van der Waals surface area contributed by atoms with Crippen LogP contribution in [0, 0.1) is 5.92 Å². The molecule has 6 nitrogen and oxygen atoms in total. The maximum atomic E-state index is 12.1. The van der Waals surface area contributed by atoms with Crippen LogP contribution in [0.15, 0.2) is 29.0 Å². The van der Waals surface area contributed by atoms with E-state index in [1.807, 2.05) is 12.1 Å². The van der Waals surface area contributed by atoms with E-state index in [0.717, 1.165) is 36.2 Å². The molecule has 21 heavy (non-hydrogen) atoms. The minimum atomic E-state index is -0.00532. The Kier molecular flexibility index (Phi) is 4.06. The molecule has 0 aromatic carbocycles. The minimum Gasteiger partial charge on any atom is -0.464 e. The van der Waals surface area contributed by atoms with Gasteiger partial charge in [0.2, 0.25) is 5.91 Å². The number of carbonyl (C=O) groups is 1. The number of rotatable bonds is 4. The molecule has 1 unspecified atom stereocenters. The molecule has 2 aromatic heterocycles. The van der Waals surface area contributed by atoms with E-state index in [9.17, 15) is 4.79 Å². The van der Waals surface area contributed by atoms with E-state index in [-0.39, 0.29) is 11.8 Å². The third-order valence-electron chi connectivity index (χ3n) is 3.89. The zero-order valence-corrected chi connectivity index (χ0v) is 11.9. The number of hydrogen-bond acceptors (Lipinski definition) is 5. The minimum absolute atomic E-state index is 0.00532. The van der Waals surface area contributed by atoms with E-state index in [4.69, 9.17) is 10.2 Å². The summed E-state index contributed by atoms with van der Waals surface area (Å²) in [5.74, 6) is 0.983. The second-order valence-corrected chi connectivity index (χ2v) is 5.33. The van der Waals surface area contributed by atoms with Gasteiger partial charge in [0.15, 0.2) is 0 Å². The SMILES string of the molecule is NCCNC(=O)C1CCCN(c2nccc3occc23)C1. The number of pyridine rings is 1. The van der Waals surface area contributed by atoms with Crippen molar-refractivity contribution in [1.82, 2.24) is 10.3 Å². The lowest BCUT2D eigenvalue weighted by Crippen LogP contribution is -2.44. The number of nitrogens with one attached hydrogen (secondary N) is 1. The molecule has 1 aliphatic heterocycles. The third-order valence-corrected chi connectivity index (χ3v) is 3.89. The van der Waals surface area contributed by atoms with E-state index < -0.39 is 0 Å². The molecule has 112 valence electrons. The molecular weight excluding hydrogens is 268 g/mol. The van der Waals surface area contributed by atoms with E-state index in [0.29, 0.717) is 19.6 Å². The first-order chi connectivity index (χ1) is 10.3. The van der Waals surface area contributed by atoms with Crippen LogP contribution in [-0.2, 0) is 4.79 Å². The Hall–Kier alpha value is -2.08. The van der Waals surface area contributed by atoms with Crippen molar-refractivity contribution < 1.29 is 9.21 Å². The highest BCUT2D eigenvalue weighted by Crippen LogP contribution is 2.28. The van der Waals surface area contributed by atoms with Crippen molar-refractivity contribution in [1.29, 1.82) is 0 Å². The predicted octanol–water partition coefficient (Wildman–Crippen LogP) is 1.12. The second kappa shape index (κ2) is 6.13. The molecule has 1 fully saturated rings. The fourth-order valence-electron chi connectivity index (χ4n) is 2.86. The summed E-state index contributed by atoms with van der Waals surface area (Å²) >= 11 is 0. The van der Waals surface area contributed by atoms with E-state index in [2.05, 4.69) is 15.2 Å². The summed E-state index contributed by atoms with van der Waals surface area (Å²) in [7, 11) is 0. The molecule has 0 bridgehead atoms. The summed E-state index contributed by atoms with van der Waals surface area (Å²) in [6, 6.07) is 3.78. The van der Waals surface area contributed by atoms with Gasteiger partial charge in [0.1, 0.15) is 11.4 Å². The number of aromatic nitrogens is 1. The lowest BCUT2D eigenvalue weighted by molar-refractivity contribution is -0.125. The van der Waals surface area contributed by atoms with Crippen molar-refractivity contribution >= 4 is 22.7 Å². The summed E-state index contributed by atoms with van der Waals surface area (Å²) in [6.07, 6.45) is 5.31. The van der Waals surface area contributed by atoms with Crippen molar-refractivity contribution in [3.63, 3.8) is 0 Å². The standard InChI is InChI=1S/C15H20N4O2/c16-5-7-18-15(20)11-2-1-8-19(10-11)14-12-4-9-21-13(12)3-6-17-14/h3-4,6,9,11H,1-2,5,7-8,10,16H2,(H,18,20). The Morgan fingerprint density at radius 1 is 1.52 bits per heavy atom. The smallest absolute Gasteiger partial charge is 0.224 e. The zero-order chi connectivity index (χ0) is 14.7. The normalized spacial score (nSPS) is 18.9. The highest BCUT2D eigenvalue weighted by atomic mass is 16.3. The van der Waals surface area contributed by atoms with Crippen LogP contribution in [0.5, 0.6) is 0 Å². The third kappa shape index (κ3) is 2.85. The van der Waals surface area contributed by atoms with Crippen LogP contribution in [0.2, 0.25) is 0 Å². The van der Waals surface area contributed by atoms with Crippen LogP contribution in [0.25, 0.3) is 11.0 Å². The molecule has 3 heterocycles. The fourth-order valence-corrected chi connectivity index (χ4v) is 2.86. The van der Waals surface area contributed by atoms with Gasteiger partial charge in [-0.05, 0) is 25.0 Å². The van der Waals surface area contributed by atoms with E-state index >= 15 is 0 Å². The van der Waals surface area contributed by atoms with Crippen LogP contribution >= 0.6 is 0 Å². The number of furan rings is 1. The molecular formula is C15H20N4O2. The number of nitrogens with zero attached hydrogens (tertiary/aromatic N) is 2. The number of nitrogens with two attached hydrogens (primary N) is 1. The van der Waals surface area contributed by atoms with Crippen molar-refractivity contribution in [3.05, 3.63) is 24.6 Å². The van der Waals surface area contributed by atoms with Gasteiger partial charge >= 0.3 is 0 Å². The van der Waals surface area contributed by atoms with Crippen LogP contribution in [0.3, 0.4) is 0 Å². The van der Waals surface area contributed by atoms with Crippen molar-refractivity contribution in [2.45, 2.75) is 12.8 Å². The highest BCUT2D eigenvalue weighted by Gasteiger charge is 2.27. The van der Waals surface area contributed by atoms with Gasteiger partial charge in [-0.1, -0.05) is 0 Å². The number of anilines is 1. The first kappa shape index (κ1) is 13.9. The Morgan fingerprint density at radius 3 is 3.29 bits per heavy atom. The largest absolute Gasteiger partial charge is 0.464 e. The van der Waals surface area contributed by atoms with Gasteiger partial charge in [-0.2, -0.15) is 0 Å². The fraction of sp³-hybridized carbons (Fsp3) is 0.467. The molecule has 0 saturated carbocycles. The average Bonchev–Trinajstić information content (AvgIpc) is 3.01. The van der Waals surface area contributed by atoms with Gasteiger partial charge in [-0.25, -0.2) is 4.98 Å². The topological polar surface area (TPSA) is 84.4 Å². The Morgan fingerprint density at radius 2 is 2.43 bits per heavy atom. The lowest BCUT2D eigenvalue weighted by atomic mass is 9.97. The molecule has 0 spiro atoms.